The normalized spacial score (nSPS) is 10.8. The van der Waals surface area contributed by atoms with Crippen LogP contribution in [0, 0.1) is 6.92 Å². The van der Waals surface area contributed by atoms with Gasteiger partial charge in [-0.25, -0.2) is 9.78 Å². The number of nitrogens with one attached hydrogen (secondary N) is 2. The highest BCUT2D eigenvalue weighted by Gasteiger charge is 2.19. The molecule has 180 valence electrons. The smallest absolute Gasteiger partial charge is 0.319 e. The highest BCUT2D eigenvalue weighted by Crippen LogP contribution is 2.36. The Morgan fingerprint density at radius 3 is 2.20 bits per heavy atom. The van der Waals surface area contributed by atoms with Crippen molar-refractivity contribution >= 4 is 23.5 Å². The van der Waals surface area contributed by atoms with Gasteiger partial charge in [-0.1, -0.05) is 90.1 Å². The van der Waals surface area contributed by atoms with Crippen LogP contribution in [0.25, 0.3) is 22.5 Å². The number of unbranched alkanes of at least 4 members (excludes halogenated alkanes) is 1. The Bertz CT molecular complexity index is 1220. The zero-order chi connectivity index (χ0) is 24.5. The number of rotatable bonds is 10. The van der Waals surface area contributed by atoms with E-state index in [2.05, 4.69) is 70.7 Å². The van der Waals surface area contributed by atoms with Crippen LogP contribution in [0.4, 0.5) is 10.5 Å². The molecule has 0 aliphatic rings. The van der Waals surface area contributed by atoms with Crippen molar-refractivity contribution < 1.29 is 4.79 Å². The lowest BCUT2D eigenvalue weighted by atomic mass is 10.0. The summed E-state index contributed by atoms with van der Waals surface area (Å²) in [5.74, 6) is 0.945. The number of aromatic nitrogens is 2. The number of imidazole rings is 1. The Balaban J connectivity index is 1.35. The molecule has 6 heteroatoms. The number of carbonyl (C=O) groups is 1. The van der Waals surface area contributed by atoms with Crippen molar-refractivity contribution in [3.8, 4) is 22.5 Å². The maximum absolute atomic E-state index is 12.1. The molecule has 0 unspecified atom stereocenters. The van der Waals surface area contributed by atoms with Crippen molar-refractivity contribution in [2.24, 2.45) is 0 Å². The molecule has 0 bridgehead atoms. The lowest BCUT2D eigenvalue weighted by Crippen LogP contribution is -2.29. The molecule has 0 radical (unpaired) electrons. The molecule has 0 saturated carbocycles. The minimum Gasteiger partial charge on any atom is -0.338 e. The maximum Gasteiger partial charge on any atom is 0.319 e. The Morgan fingerprint density at radius 2 is 1.54 bits per heavy atom. The Hall–Kier alpha value is -3.51. The van der Waals surface area contributed by atoms with Gasteiger partial charge >= 0.3 is 6.03 Å². The SMILES string of the molecule is CCn1c(SCCCCNC(=O)Nc2ccc(C)cc2)nc(-c2ccccc2)c1-c1ccccc1. The largest absolute Gasteiger partial charge is 0.338 e. The van der Waals surface area contributed by atoms with Crippen LogP contribution in [0.5, 0.6) is 0 Å². The van der Waals surface area contributed by atoms with Crippen LogP contribution in [-0.4, -0.2) is 27.9 Å². The van der Waals surface area contributed by atoms with E-state index in [0.717, 1.165) is 52.9 Å². The molecule has 2 amide bonds. The van der Waals surface area contributed by atoms with E-state index in [4.69, 9.17) is 4.98 Å². The van der Waals surface area contributed by atoms with E-state index in [0.29, 0.717) is 6.54 Å². The van der Waals surface area contributed by atoms with Gasteiger partial charge in [0.1, 0.15) is 0 Å². The molecule has 0 atom stereocenters. The molecular formula is C29H32N4OS. The zero-order valence-corrected chi connectivity index (χ0v) is 21.1. The van der Waals surface area contributed by atoms with Crippen LogP contribution < -0.4 is 10.6 Å². The average molecular weight is 485 g/mol. The molecule has 35 heavy (non-hydrogen) atoms. The summed E-state index contributed by atoms with van der Waals surface area (Å²) in [6, 6.07) is 28.5. The summed E-state index contributed by atoms with van der Waals surface area (Å²) in [5, 5.41) is 6.85. The van der Waals surface area contributed by atoms with Gasteiger partial charge in [0.25, 0.3) is 0 Å². The van der Waals surface area contributed by atoms with Gasteiger partial charge in [0, 0.05) is 35.7 Å². The maximum atomic E-state index is 12.1. The van der Waals surface area contributed by atoms with E-state index < -0.39 is 0 Å². The molecule has 4 aromatic rings. The highest BCUT2D eigenvalue weighted by molar-refractivity contribution is 7.99. The average Bonchev–Trinajstić information content (AvgIpc) is 3.27. The zero-order valence-electron chi connectivity index (χ0n) is 20.3. The van der Waals surface area contributed by atoms with Crippen LogP contribution in [0.15, 0.2) is 90.1 Å². The van der Waals surface area contributed by atoms with E-state index in [-0.39, 0.29) is 6.03 Å². The first kappa shape index (κ1) is 24.6. The van der Waals surface area contributed by atoms with Gasteiger partial charge in [-0.05, 0) is 38.8 Å². The molecule has 1 heterocycles. The number of urea groups is 1. The second-order valence-electron chi connectivity index (χ2n) is 8.37. The number of carbonyl (C=O) groups excluding carboxylic acids is 1. The number of nitrogens with zero attached hydrogens (tertiary/aromatic N) is 2. The van der Waals surface area contributed by atoms with Crippen molar-refractivity contribution in [2.75, 3.05) is 17.6 Å². The van der Waals surface area contributed by atoms with Crippen molar-refractivity contribution in [1.29, 1.82) is 0 Å². The third-order valence-electron chi connectivity index (χ3n) is 5.74. The van der Waals surface area contributed by atoms with E-state index in [1.165, 1.54) is 11.1 Å². The quantitative estimate of drug-likeness (QED) is 0.184. The highest BCUT2D eigenvalue weighted by atomic mass is 32.2. The lowest BCUT2D eigenvalue weighted by Gasteiger charge is -2.11. The summed E-state index contributed by atoms with van der Waals surface area (Å²) in [7, 11) is 0. The van der Waals surface area contributed by atoms with Crippen molar-refractivity contribution in [2.45, 2.75) is 38.4 Å². The van der Waals surface area contributed by atoms with Crippen LogP contribution in [0.2, 0.25) is 0 Å². The topological polar surface area (TPSA) is 59.0 Å². The lowest BCUT2D eigenvalue weighted by molar-refractivity contribution is 0.252. The van der Waals surface area contributed by atoms with Gasteiger partial charge in [-0.3, -0.25) is 0 Å². The monoisotopic (exact) mass is 484 g/mol. The van der Waals surface area contributed by atoms with Gasteiger partial charge in [-0.15, -0.1) is 0 Å². The first-order chi connectivity index (χ1) is 17.2. The van der Waals surface area contributed by atoms with Gasteiger partial charge < -0.3 is 15.2 Å². The molecular weight excluding hydrogens is 452 g/mol. The molecule has 3 aromatic carbocycles. The van der Waals surface area contributed by atoms with E-state index in [9.17, 15) is 4.79 Å². The van der Waals surface area contributed by atoms with Gasteiger partial charge in [0.15, 0.2) is 5.16 Å². The van der Waals surface area contributed by atoms with E-state index in [1.54, 1.807) is 11.8 Å². The summed E-state index contributed by atoms with van der Waals surface area (Å²) < 4.78 is 2.32. The summed E-state index contributed by atoms with van der Waals surface area (Å²) in [6.07, 6.45) is 1.91. The number of thioether (sulfide) groups is 1. The Kier molecular flexibility index (Phi) is 8.63. The molecule has 5 nitrogen and oxygen atoms in total. The number of hydrogen-bond donors (Lipinski definition) is 2. The number of aryl methyl sites for hydroxylation is 1. The van der Waals surface area contributed by atoms with E-state index in [1.807, 2.05) is 43.3 Å². The molecule has 1 aromatic heterocycles. The second kappa shape index (κ2) is 12.3. The number of amides is 2. The predicted molar refractivity (Wildman–Crippen MR) is 147 cm³/mol. The fourth-order valence-electron chi connectivity index (χ4n) is 3.93. The van der Waals surface area contributed by atoms with Gasteiger partial charge in [0.05, 0.1) is 11.4 Å². The van der Waals surface area contributed by atoms with E-state index >= 15 is 0 Å². The summed E-state index contributed by atoms with van der Waals surface area (Å²) in [4.78, 5) is 17.2. The van der Waals surface area contributed by atoms with Crippen molar-refractivity contribution in [3.63, 3.8) is 0 Å². The Morgan fingerprint density at radius 1 is 0.886 bits per heavy atom. The molecule has 0 aliphatic heterocycles. The summed E-state index contributed by atoms with van der Waals surface area (Å²) >= 11 is 1.78. The first-order valence-corrected chi connectivity index (χ1v) is 13.1. The third-order valence-corrected chi connectivity index (χ3v) is 6.80. The van der Waals surface area contributed by atoms with Crippen LogP contribution in [0.1, 0.15) is 25.3 Å². The van der Waals surface area contributed by atoms with Crippen LogP contribution in [0.3, 0.4) is 0 Å². The number of anilines is 1. The molecule has 0 aliphatic carbocycles. The fraction of sp³-hybridized carbons (Fsp3) is 0.241. The number of hydrogen-bond acceptors (Lipinski definition) is 3. The standard InChI is InChI=1S/C29H32N4OS/c1-3-33-27(24-14-8-5-9-15-24)26(23-12-6-4-7-13-23)32-29(33)35-21-11-10-20-30-28(34)31-25-18-16-22(2)17-19-25/h4-9,12-19H,3,10-11,20-21H2,1-2H3,(H2,30,31,34). The minimum absolute atomic E-state index is 0.164. The molecule has 0 fully saturated rings. The minimum atomic E-state index is -0.164. The molecule has 4 rings (SSSR count). The third kappa shape index (κ3) is 6.55. The van der Waals surface area contributed by atoms with Crippen molar-refractivity contribution in [3.05, 3.63) is 90.5 Å². The predicted octanol–water partition coefficient (Wildman–Crippen LogP) is 7.24. The van der Waals surface area contributed by atoms with Crippen LogP contribution >= 0.6 is 11.8 Å². The molecule has 0 saturated heterocycles. The fourth-order valence-corrected chi connectivity index (χ4v) is 4.99. The summed E-state index contributed by atoms with van der Waals surface area (Å²) in [6.45, 7) is 5.70. The van der Waals surface area contributed by atoms with Gasteiger partial charge in [0.2, 0.25) is 0 Å². The number of benzene rings is 3. The summed E-state index contributed by atoms with van der Waals surface area (Å²) in [5.41, 5.74) is 6.47. The second-order valence-corrected chi connectivity index (χ2v) is 9.43. The van der Waals surface area contributed by atoms with Crippen LogP contribution in [-0.2, 0) is 6.54 Å². The van der Waals surface area contributed by atoms with Gasteiger partial charge in [-0.2, -0.15) is 0 Å². The first-order valence-electron chi connectivity index (χ1n) is 12.1. The molecule has 2 N–H and O–H groups in total. The Labute approximate surface area is 212 Å². The molecule has 0 spiro atoms. The van der Waals surface area contributed by atoms with Crippen molar-refractivity contribution in [1.82, 2.24) is 14.9 Å².